The number of hydrogen-bond donors (Lipinski definition) is 0. The molecular weight excluding hydrogens is 264 g/mol. The van der Waals surface area contributed by atoms with Gasteiger partial charge in [-0.2, -0.15) is 5.10 Å². The van der Waals surface area contributed by atoms with Gasteiger partial charge >= 0.3 is 17.1 Å². The molecule has 0 amide bonds. The summed E-state index contributed by atoms with van der Waals surface area (Å²) >= 11 is 0. The second-order valence-electron chi connectivity index (χ2n) is 3.93. The van der Waals surface area contributed by atoms with Crippen LogP contribution in [0.15, 0.2) is 6.07 Å². The van der Waals surface area contributed by atoms with E-state index in [-0.39, 0.29) is 17.1 Å². The maximum absolute atomic E-state index is 4.28. The minimum atomic E-state index is 0. The molecule has 2 fully saturated rings. The van der Waals surface area contributed by atoms with Crippen LogP contribution in [0.4, 0.5) is 0 Å². The van der Waals surface area contributed by atoms with Crippen LogP contribution in [-0.4, -0.2) is 9.78 Å². The van der Waals surface area contributed by atoms with E-state index in [1.54, 1.807) is 0 Å². The van der Waals surface area contributed by atoms with Crippen molar-refractivity contribution < 1.29 is 17.1 Å². The summed E-state index contributed by atoms with van der Waals surface area (Å²) in [5.74, 6) is 1.23. The van der Waals surface area contributed by atoms with Gasteiger partial charge in [-0.1, -0.05) is 0 Å². The van der Waals surface area contributed by atoms with Crippen LogP contribution in [0.3, 0.4) is 0 Å². The first-order valence-electron chi connectivity index (χ1n) is 5.67. The Hall–Kier alpha value is -0.271. The average Bonchev–Trinajstić information content (AvgIpc) is 2.99. The van der Waals surface area contributed by atoms with Gasteiger partial charge in [-0.3, -0.25) is 4.68 Å². The van der Waals surface area contributed by atoms with E-state index in [1.807, 2.05) is 63.6 Å². The van der Waals surface area contributed by atoms with Crippen molar-refractivity contribution in [3.8, 4) is 0 Å². The smallest absolute Gasteiger partial charge is 0.272 e. The van der Waals surface area contributed by atoms with Gasteiger partial charge in [0.15, 0.2) is 0 Å². The average molecular weight is 280 g/mol. The van der Waals surface area contributed by atoms with Crippen molar-refractivity contribution in [1.29, 1.82) is 0 Å². The topological polar surface area (TPSA) is 17.8 Å². The molecule has 1 aromatic heterocycles. The fourth-order valence-corrected chi connectivity index (χ4v) is 1.75. The van der Waals surface area contributed by atoms with Gasteiger partial charge in [-0.15, -0.1) is 0 Å². The van der Waals surface area contributed by atoms with Gasteiger partial charge in [-0.05, 0) is 70.8 Å². The Labute approximate surface area is 122 Å². The molecule has 3 rings (SSSR count). The number of nitrogens with zero attached hydrogens (tertiary/aromatic N) is 2. The van der Waals surface area contributed by atoms with E-state index in [9.17, 15) is 0 Å². The Morgan fingerprint density at radius 1 is 0.889 bits per heavy atom. The molecule has 2 nitrogen and oxygen atoms in total. The summed E-state index contributed by atoms with van der Waals surface area (Å²) in [7, 11) is 1.97. The van der Waals surface area contributed by atoms with Crippen molar-refractivity contribution >= 4 is 0 Å². The molecule has 2 aliphatic carbocycles. The molecule has 92 valence electrons. The Bertz CT molecular complexity index is 329. The Morgan fingerprint density at radius 2 is 1.39 bits per heavy atom. The van der Waals surface area contributed by atoms with Crippen molar-refractivity contribution in [2.24, 2.45) is 7.05 Å². The molecule has 0 N–H and O–H groups in total. The van der Waals surface area contributed by atoms with E-state index in [1.165, 1.54) is 11.6 Å². The molecule has 1 heterocycles. The van der Waals surface area contributed by atoms with Crippen molar-refractivity contribution in [2.75, 3.05) is 0 Å². The van der Waals surface area contributed by atoms with Crippen LogP contribution in [0.25, 0.3) is 0 Å². The second-order valence-corrected chi connectivity index (χ2v) is 3.93. The zero-order chi connectivity index (χ0) is 12.1. The molecule has 18 heavy (non-hydrogen) atoms. The predicted octanol–water partition coefficient (Wildman–Crippen LogP) is 2.50. The third-order valence-corrected chi connectivity index (χ3v) is 2.52. The third kappa shape index (κ3) is 4.44. The van der Waals surface area contributed by atoms with Crippen LogP contribution in [0.5, 0.6) is 0 Å². The van der Waals surface area contributed by atoms with E-state index < -0.39 is 0 Å². The van der Waals surface area contributed by atoms with Gasteiger partial charge < -0.3 is 0 Å². The van der Waals surface area contributed by atoms with Gasteiger partial charge in [0.25, 0.3) is 0 Å². The van der Waals surface area contributed by atoms with Gasteiger partial charge in [-0.25, -0.2) is 0 Å². The fraction of sp³-hybridized carbons (Fsp3) is 0.133. The summed E-state index contributed by atoms with van der Waals surface area (Å²) in [6.45, 7) is 2.01. The Kier molecular flexibility index (Phi) is 7.03. The number of hydrogen-bond acceptors (Lipinski definition) is 1. The second kappa shape index (κ2) is 8.01. The summed E-state index contributed by atoms with van der Waals surface area (Å²) in [5, 5.41) is 4.28. The van der Waals surface area contributed by atoms with Gasteiger partial charge in [0.05, 0.1) is 5.69 Å². The summed E-state index contributed by atoms with van der Waals surface area (Å²) in [4.78, 5) is 0. The van der Waals surface area contributed by atoms with E-state index in [0.29, 0.717) is 0 Å². The van der Waals surface area contributed by atoms with Crippen molar-refractivity contribution in [1.82, 2.24) is 9.78 Å². The monoisotopic (exact) mass is 280 g/mol. The van der Waals surface area contributed by atoms with Gasteiger partial charge in [0.2, 0.25) is 0 Å². The van der Waals surface area contributed by atoms with Crippen LogP contribution in [0.1, 0.15) is 11.4 Å². The van der Waals surface area contributed by atoms with Crippen molar-refractivity contribution in [2.45, 2.75) is 6.92 Å². The molecule has 0 atom stereocenters. The van der Waals surface area contributed by atoms with E-state index in [2.05, 4.69) is 24.0 Å². The van der Waals surface area contributed by atoms with Crippen LogP contribution in [-0.2, 0) is 24.1 Å². The summed E-state index contributed by atoms with van der Waals surface area (Å²) in [5.41, 5.74) is 2.24. The molecule has 0 spiro atoms. The molecule has 0 saturated heterocycles. The molecule has 0 bridgehead atoms. The summed E-state index contributed by atoms with van der Waals surface area (Å²) < 4.78 is 1.91. The molecule has 0 aromatic carbocycles. The first-order chi connectivity index (χ1) is 8.27. The number of aryl methyl sites for hydroxylation is 2. The molecule has 2 saturated carbocycles. The normalized spacial score (nSPS) is 19.2. The largest absolute Gasteiger partial charge is 2.00 e. The SMILES string of the molecule is Cc1cc([C]2[CH][CH][CH][CH]2)n(C)n1.[CH]1[CH][CH][CH][CH]1.[Fe+2]. The van der Waals surface area contributed by atoms with E-state index in [0.717, 1.165) is 5.69 Å². The first-order valence-corrected chi connectivity index (χ1v) is 5.67. The standard InChI is InChI=1S/C10H11N2.C5H5.Fe/c1-8-7-10(12(2)11-8)9-5-3-4-6-9;1-2-4-5-3-1;/h3-7H,1-2H3;1-5H;/q;;+2. The summed E-state index contributed by atoms with van der Waals surface area (Å²) in [6.07, 6.45) is 18.3. The first kappa shape index (κ1) is 15.8. The molecular formula is C15H16FeN2+2. The van der Waals surface area contributed by atoms with Crippen LogP contribution < -0.4 is 0 Å². The third-order valence-electron chi connectivity index (χ3n) is 2.52. The molecule has 0 aliphatic heterocycles. The fourth-order valence-electron chi connectivity index (χ4n) is 1.75. The molecule has 0 unspecified atom stereocenters. The van der Waals surface area contributed by atoms with Crippen LogP contribution in [0.2, 0.25) is 0 Å². The van der Waals surface area contributed by atoms with Gasteiger partial charge in [0, 0.05) is 18.7 Å². The number of rotatable bonds is 1. The molecule has 3 heteroatoms. The quantitative estimate of drug-likeness (QED) is 0.723. The predicted molar refractivity (Wildman–Crippen MR) is 69.0 cm³/mol. The molecule has 10 radical (unpaired) electrons. The number of aromatic nitrogens is 2. The minimum Gasteiger partial charge on any atom is -0.272 e. The summed E-state index contributed by atoms with van der Waals surface area (Å²) in [6, 6.07) is 2.09. The zero-order valence-electron chi connectivity index (χ0n) is 10.5. The van der Waals surface area contributed by atoms with E-state index in [4.69, 9.17) is 0 Å². The molecule has 1 aromatic rings. The van der Waals surface area contributed by atoms with Crippen molar-refractivity contribution in [3.63, 3.8) is 0 Å². The maximum atomic E-state index is 4.28. The maximum Gasteiger partial charge on any atom is 2.00 e. The van der Waals surface area contributed by atoms with Crippen LogP contribution in [0, 0.1) is 70.6 Å². The minimum absolute atomic E-state index is 0. The molecule has 2 aliphatic rings. The zero-order valence-corrected chi connectivity index (χ0v) is 11.6. The van der Waals surface area contributed by atoms with Crippen LogP contribution >= 0.6 is 0 Å². The van der Waals surface area contributed by atoms with E-state index >= 15 is 0 Å². The van der Waals surface area contributed by atoms with Crippen molar-refractivity contribution in [3.05, 3.63) is 81.2 Å². The Balaban J connectivity index is 0.000000230. The van der Waals surface area contributed by atoms with Gasteiger partial charge in [0.1, 0.15) is 0 Å². The Morgan fingerprint density at radius 3 is 1.78 bits per heavy atom.